The van der Waals surface area contributed by atoms with Crippen LogP contribution < -0.4 is 10.5 Å². The zero-order valence-electron chi connectivity index (χ0n) is 12.1. The van der Waals surface area contributed by atoms with Crippen molar-refractivity contribution in [2.24, 2.45) is 5.73 Å². The van der Waals surface area contributed by atoms with Gasteiger partial charge in [-0.3, -0.25) is 4.90 Å². The fourth-order valence-corrected chi connectivity index (χ4v) is 2.97. The number of hydrogen-bond acceptors (Lipinski definition) is 3. The number of rotatable bonds is 5. The van der Waals surface area contributed by atoms with E-state index in [1.54, 1.807) is 0 Å². The number of nitrogens with two attached hydrogens (primary N) is 1. The molecule has 0 saturated carbocycles. The number of aryl methyl sites for hydroxylation is 1. The SMILES string of the molecule is Cc1cccc(OCCN2C(C)CCCC2CN)c1. The average molecular weight is 262 g/mol. The lowest BCUT2D eigenvalue weighted by molar-refractivity contribution is 0.0799. The van der Waals surface area contributed by atoms with Gasteiger partial charge in [-0.1, -0.05) is 18.6 Å². The van der Waals surface area contributed by atoms with Crippen molar-refractivity contribution in [1.29, 1.82) is 0 Å². The van der Waals surface area contributed by atoms with Gasteiger partial charge in [0.2, 0.25) is 0 Å². The van der Waals surface area contributed by atoms with E-state index in [1.807, 2.05) is 12.1 Å². The van der Waals surface area contributed by atoms with Gasteiger partial charge in [-0.25, -0.2) is 0 Å². The molecule has 0 aromatic heterocycles. The Balaban J connectivity index is 1.83. The van der Waals surface area contributed by atoms with Crippen molar-refractivity contribution in [1.82, 2.24) is 4.90 Å². The van der Waals surface area contributed by atoms with Crippen molar-refractivity contribution >= 4 is 0 Å². The molecule has 2 atom stereocenters. The topological polar surface area (TPSA) is 38.5 Å². The predicted molar refractivity (Wildman–Crippen MR) is 79.5 cm³/mol. The fourth-order valence-electron chi connectivity index (χ4n) is 2.97. The van der Waals surface area contributed by atoms with Gasteiger partial charge in [0.05, 0.1) is 0 Å². The number of hydrogen-bond donors (Lipinski definition) is 1. The minimum absolute atomic E-state index is 0.532. The Morgan fingerprint density at radius 2 is 2.21 bits per heavy atom. The second-order valence-corrected chi connectivity index (χ2v) is 5.57. The first-order chi connectivity index (χ1) is 9.20. The zero-order chi connectivity index (χ0) is 13.7. The van der Waals surface area contributed by atoms with Crippen LogP contribution in [-0.4, -0.2) is 36.7 Å². The van der Waals surface area contributed by atoms with E-state index in [0.29, 0.717) is 12.1 Å². The van der Waals surface area contributed by atoms with Crippen LogP contribution in [0.1, 0.15) is 31.7 Å². The maximum atomic E-state index is 5.88. The summed E-state index contributed by atoms with van der Waals surface area (Å²) in [5.41, 5.74) is 7.12. The lowest BCUT2D eigenvalue weighted by Crippen LogP contribution is -2.50. The normalized spacial score (nSPS) is 24.4. The molecule has 1 aliphatic heterocycles. The minimum Gasteiger partial charge on any atom is -0.492 e. The second kappa shape index (κ2) is 6.92. The quantitative estimate of drug-likeness (QED) is 0.886. The van der Waals surface area contributed by atoms with E-state index in [0.717, 1.165) is 25.4 Å². The molecule has 3 nitrogen and oxygen atoms in total. The Morgan fingerprint density at radius 3 is 2.95 bits per heavy atom. The summed E-state index contributed by atoms with van der Waals surface area (Å²) in [7, 11) is 0. The maximum absolute atomic E-state index is 5.88. The first kappa shape index (κ1) is 14.4. The monoisotopic (exact) mass is 262 g/mol. The highest BCUT2D eigenvalue weighted by atomic mass is 16.5. The predicted octanol–water partition coefficient (Wildman–Crippen LogP) is 2.58. The summed E-state index contributed by atoms with van der Waals surface area (Å²) in [6.45, 7) is 6.86. The van der Waals surface area contributed by atoms with Crippen LogP contribution in [0.25, 0.3) is 0 Å². The Morgan fingerprint density at radius 1 is 1.37 bits per heavy atom. The molecule has 106 valence electrons. The molecule has 1 saturated heterocycles. The molecule has 2 unspecified atom stereocenters. The first-order valence-corrected chi connectivity index (χ1v) is 7.36. The third-order valence-electron chi connectivity index (χ3n) is 4.07. The number of benzene rings is 1. The number of ether oxygens (including phenoxy) is 1. The largest absolute Gasteiger partial charge is 0.492 e. The highest BCUT2D eigenvalue weighted by Gasteiger charge is 2.26. The summed E-state index contributed by atoms with van der Waals surface area (Å²) < 4.78 is 5.85. The third-order valence-corrected chi connectivity index (χ3v) is 4.07. The summed E-state index contributed by atoms with van der Waals surface area (Å²) in [5, 5.41) is 0. The molecule has 0 bridgehead atoms. The van der Waals surface area contributed by atoms with E-state index < -0.39 is 0 Å². The molecule has 19 heavy (non-hydrogen) atoms. The van der Waals surface area contributed by atoms with E-state index in [-0.39, 0.29) is 0 Å². The van der Waals surface area contributed by atoms with Gasteiger partial charge < -0.3 is 10.5 Å². The molecular formula is C16H26N2O. The molecule has 1 heterocycles. The Labute approximate surface area is 116 Å². The number of nitrogens with zero attached hydrogens (tertiary/aromatic N) is 1. The Bertz CT molecular complexity index is 394. The van der Waals surface area contributed by atoms with E-state index in [1.165, 1.54) is 24.8 Å². The van der Waals surface area contributed by atoms with Crippen LogP contribution in [0, 0.1) is 6.92 Å². The van der Waals surface area contributed by atoms with Crippen LogP contribution in [0.3, 0.4) is 0 Å². The lowest BCUT2D eigenvalue weighted by atomic mass is 9.96. The second-order valence-electron chi connectivity index (χ2n) is 5.57. The minimum atomic E-state index is 0.532. The van der Waals surface area contributed by atoms with Gasteiger partial charge in [-0.15, -0.1) is 0 Å². The molecular weight excluding hydrogens is 236 g/mol. The summed E-state index contributed by atoms with van der Waals surface area (Å²) in [4.78, 5) is 2.51. The number of piperidine rings is 1. The molecule has 1 aromatic carbocycles. The summed E-state index contributed by atoms with van der Waals surface area (Å²) in [6, 6.07) is 9.39. The Hall–Kier alpha value is -1.06. The molecule has 2 rings (SSSR count). The molecule has 1 fully saturated rings. The third kappa shape index (κ3) is 3.95. The van der Waals surface area contributed by atoms with Crippen LogP contribution in [-0.2, 0) is 0 Å². The van der Waals surface area contributed by atoms with Crippen molar-refractivity contribution in [3.8, 4) is 5.75 Å². The van der Waals surface area contributed by atoms with Crippen LogP contribution in [0.2, 0.25) is 0 Å². The lowest BCUT2D eigenvalue weighted by Gasteiger charge is -2.40. The van der Waals surface area contributed by atoms with Gasteiger partial charge in [-0.2, -0.15) is 0 Å². The molecule has 0 spiro atoms. The van der Waals surface area contributed by atoms with E-state index >= 15 is 0 Å². The van der Waals surface area contributed by atoms with Crippen molar-refractivity contribution in [3.05, 3.63) is 29.8 Å². The zero-order valence-corrected chi connectivity index (χ0v) is 12.1. The van der Waals surface area contributed by atoms with Gasteiger partial charge in [0, 0.05) is 25.2 Å². The fraction of sp³-hybridized carbons (Fsp3) is 0.625. The van der Waals surface area contributed by atoms with Gasteiger partial charge >= 0.3 is 0 Å². The van der Waals surface area contributed by atoms with E-state index in [4.69, 9.17) is 10.5 Å². The van der Waals surface area contributed by atoms with E-state index in [9.17, 15) is 0 Å². The van der Waals surface area contributed by atoms with Gasteiger partial charge in [0.25, 0.3) is 0 Å². The average Bonchev–Trinajstić information content (AvgIpc) is 2.40. The summed E-state index contributed by atoms with van der Waals surface area (Å²) >= 11 is 0. The van der Waals surface area contributed by atoms with Gasteiger partial charge in [0.15, 0.2) is 0 Å². The number of likely N-dealkylation sites (tertiary alicyclic amines) is 1. The molecule has 0 radical (unpaired) electrons. The standard InChI is InChI=1S/C16H26N2O/c1-13-5-3-8-16(11-13)19-10-9-18-14(2)6-4-7-15(18)12-17/h3,5,8,11,14-15H,4,6-7,9-10,12,17H2,1-2H3. The molecule has 0 amide bonds. The van der Waals surface area contributed by atoms with Gasteiger partial charge in [-0.05, 0) is 44.4 Å². The molecule has 1 aliphatic rings. The van der Waals surface area contributed by atoms with E-state index in [2.05, 4.69) is 30.9 Å². The molecule has 1 aromatic rings. The van der Waals surface area contributed by atoms with Gasteiger partial charge in [0.1, 0.15) is 12.4 Å². The van der Waals surface area contributed by atoms with Crippen molar-refractivity contribution < 1.29 is 4.74 Å². The van der Waals surface area contributed by atoms with Crippen molar-refractivity contribution in [2.75, 3.05) is 19.7 Å². The van der Waals surface area contributed by atoms with Crippen LogP contribution >= 0.6 is 0 Å². The molecule has 2 N–H and O–H groups in total. The van der Waals surface area contributed by atoms with Crippen molar-refractivity contribution in [2.45, 2.75) is 45.2 Å². The van der Waals surface area contributed by atoms with Crippen LogP contribution in [0.4, 0.5) is 0 Å². The van der Waals surface area contributed by atoms with Crippen molar-refractivity contribution in [3.63, 3.8) is 0 Å². The summed E-state index contributed by atoms with van der Waals surface area (Å²) in [6.07, 6.45) is 3.81. The first-order valence-electron chi connectivity index (χ1n) is 7.36. The maximum Gasteiger partial charge on any atom is 0.119 e. The summed E-state index contributed by atoms with van der Waals surface area (Å²) in [5.74, 6) is 0.967. The highest BCUT2D eigenvalue weighted by molar-refractivity contribution is 5.27. The molecule has 3 heteroatoms. The van der Waals surface area contributed by atoms with Crippen LogP contribution in [0.15, 0.2) is 24.3 Å². The van der Waals surface area contributed by atoms with Crippen LogP contribution in [0.5, 0.6) is 5.75 Å². The highest BCUT2D eigenvalue weighted by Crippen LogP contribution is 2.22. The Kier molecular flexibility index (Phi) is 5.23. The smallest absolute Gasteiger partial charge is 0.119 e. The molecule has 0 aliphatic carbocycles.